The average molecular weight is 500 g/mol. The Morgan fingerprint density at radius 2 is 1.85 bits per heavy atom. The highest BCUT2D eigenvalue weighted by atomic mass is 35.5. The molecule has 0 radical (unpaired) electrons. The molecule has 5 nitrogen and oxygen atoms in total. The van der Waals surface area contributed by atoms with Crippen LogP contribution in [0.3, 0.4) is 0 Å². The molecule has 0 aliphatic carbocycles. The van der Waals surface area contributed by atoms with Crippen molar-refractivity contribution in [2.75, 3.05) is 25.0 Å². The number of aromatic nitrogens is 1. The number of nitrogens with zero attached hydrogens (tertiary/aromatic N) is 4. The van der Waals surface area contributed by atoms with Crippen molar-refractivity contribution in [2.45, 2.75) is 18.4 Å². The number of benzene rings is 2. The van der Waals surface area contributed by atoms with Gasteiger partial charge in [-0.2, -0.15) is 5.26 Å². The van der Waals surface area contributed by atoms with E-state index in [0.717, 1.165) is 17.8 Å². The van der Waals surface area contributed by atoms with Crippen LogP contribution in [0.4, 0.5) is 5.82 Å². The van der Waals surface area contributed by atoms with Gasteiger partial charge in [0.25, 0.3) is 5.91 Å². The minimum Gasteiger partial charge on any atom is -0.356 e. The fraction of sp³-hybridized carbons (Fsp3) is 0.240. The highest BCUT2D eigenvalue weighted by Gasteiger charge is 2.36. The second kappa shape index (κ2) is 10.0. The molecule has 1 aromatic heterocycles. The highest BCUT2D eigenvalue weighted by Crippen LogP contribution is 2.35. The SMILES string of the molecule is CN(C(=O)c1ccc(Cl)cc1)[C@@H]1CCN(c2cc(C#N)ccn2)C[C@H]1c1ccc(Cl)c(Cl)c1. The molecular weight excluding hydrogens is 479 g/mol. The number of amides is 1. The first kappa shape index (κ1) is 23.4. The first-order valence-corrected chi connectivity index (χ1v) is 11.6. The van der Waals surface area contributed by atoms with Gasteiger partial charge in [0.15, 0.2) is 0 Å². The summed E-state index contributed by atoms with van der Waals surface area (Å²) in [5.41, 5.74) is 2.13. The van der Waals surface area contributed by atoms with Crippen LogP contribution in [0, 0.1) is 11.3 Å². The van der Waals surface area contributed by atoms with Crippen molar-refractivity contribution in [1.82, 2.24) is 9.88 Å². The molecule has 168 valence electrons. The number of halogens is 3. The molecule has 0 N–H and O–H groups in total. The second-order valence-electron chi connectivity index (χ2n) is 8.02. The summed E-state index contributed by atoms with van der Waals surface area (Å²) in [6.07, 6.45) is 2.36. The van der Waals surface area contributed by atoms with E-state index in [1.165, 1.54) is 0 Å². The van der Waals surface area contributed by atoms with Crippen molar-refractivity contribution in [3.05, 3.63) is 92.6 Å². The summed E-state index contributed by atoms with van der Waals surface area (Å²) in [6, 6.07) is 18.1. The normalized spacial score (nSPS) is 18.0. The van der Waals surface area contributed by atoms with E-state index < -0.39 is 0 Å². The van der Waals surface area contributed by atoms with Gasteiger partial charge in [-0.15, -0.1) is 0 Å². The quantitative estimate of drug-likeness (QED) is 0.438. The van der Waals surface area contributed by atoms with Crippen LogP contribution >= 0.6 is 34.8 Å². The number of rotatable bonds is 4. The third-order valence-electron chi connectivity index (χ3n) is 6.06. The van der Waals surface area contributed by atoms with Gasteiger partial charge in [-0.05, 0) is 60.5 Å². The lowest BCUT2D eigenvalue weighted by Gasteiger charge is -2.43. The summed E-state index contributed by atoms with van der Waals surface area (Å²) in [6.45, 7) is 1.31. The molecule has 2 aromatic carbocycles. The van der Waals surface area contributed by atoms with Crippen molar-refractivity contribution in [2.24, 2.45) is 0 Å². The molecule has 1 aliphatic heterocycles. The predicted octanol–water partition coefficient (Wildman–Crippen LogP) is 6.05. The fourth-order valence-corrected chi connectivity index (χ4v) is 4.72. The average Bonchev–Trinajstić information content (AvgIpc) is 2.85. The monoisotopic (exact) mass is 498 g/mol. The lowest BCUT2D eigenvalue weighted by atomic mass is 9.84. The van der Waals surface area contributed by atoms with Gasteiger partial charge in [-0.3, -0.25) is 4.79 Å². The molecular formula is C25H21Cl3N4O. The van der Waals surface area contributed by atoms with Crippen molar-refractivity contribution in [3.8, 4) is 6.07 Å². The van der Waals surface area contributed by atoms with Crippen molar-refractivity contribution < 1.29 is 4.79 Å². The van der Waals surface area contributed by atoms with Gasteiger partial charge in [0.05, 0.1) is 21.7 Å². The standard InChI is InChI=1S/C25H21Cl3N4O/c1-31(25(33)17-2-5-19(26)6-3-17)23-9-11-32(24-12-16(14-29)8-10-30-24)15-20(23)18-4-7-21(27)22(28)13-18/h2-8,10,12-13,20,23H,9,11,15H2,1H3/t20-,23+/m0/s1. The Balaban J connectivity index is 1.66. The molecule has 1 aliphatic rings. The summed E-state index contributed by atoms with van der Waals surface area (Å²) in [5.74, 6) is 0.631. The molecule has 3 aromatic rings. The number of pyridine rings is 1. The maximum Gasteiger partial charge on any atom is 0.253 e. The fourth-order valence-electron chi connectivity index (χ4n) is 4.29. The molecule has 1 fully saturated rings. The lowest BCUT2D eigenvalue weighted by Crippen LogP contribution is -2.50. The van der Waals surface area contributed by atoms with E-state index in [9.17, 15) is 10.1 Å². The smallest absolute Gasteiger partial charge is 0.253 e. The molecule has 0 bridgehead atoms. The van der Waals surface area contributed by atoms with E-state index in [0.29, 0.717) is 39.3 Å². The Morgan fingerprint density at radius 3 is 2.55 bits per heavy atom. The first-order valence-electron chi connectivity index (χ1n) is 10.5. The zero-order valence-corrected chi connectivity index (χ0v) is 20.1. The van der Waals surface area contributed by atoms with E-state index in [1.807, 2.05) is 19.2 Å². The molecule has 0 saturated carbocycles. The zero-order chi connectivity index (χ0) is 23.5. The molecule has 2 heterocycles. The molecule has 4 rings (SSSR count). The number of carbonyl (C=O) groups excluding carboxylic acids is 1. The molecule has 0 spiro atoms. The Labute approximate surface area is 208 Å². The molecule has 1 amide bonds. The van der Waals surface area contributed by atoms with E-state index in [-0.39, 0.29) is 17.9 Å². The van der Waals surface area contributed by atoms with Crippen LogP contribution in [-0.2, 0) is 0 Å². The highest BCUT2D eigenvalue weighted by molar-refractivity contribution is 6.42. The number of likely N-dealkylation sites (N-methyl/N-ethyl adjacent to an activating group) is 1. The Morgan fingerprint density at radius 1 is 1.09 bits per heavy atom. The maximum atomic E-state index is 13.3. The zero-order valence-electron chi connectivity index (χ0n) is 17.9. The summed E-state index contributed by atoms with van der Waals surface area (Å²) in [7, 11) is 1.83. The number of hydrogen-bond donors (Lipinski definition) is 0. The van der Waals surface area contributed by atoms with Crippen LogP contribution in [0.25, 0.3) is 0 Å². The number of nitriles is 1. The third kappa shape index (κ3) is 5.09. The minimum atomic E-state index is -0.0696. The van der Waals surface area contributed by atoms with Gasteiger partial charge in [-0.25, -0.2) is 4.98 Å². The predicted molar refractivity (Wildman–Crippen MR) is 132 cm³/mol. The van der Waals surface area contributed by atoms with Crippen LogP contribution < -0.4 is 4.90 Å². The van der Waals surface area contributed by atoms with E-state index in [1.54, 1.807) is 53.6 Å². The van der Waals surface area contributed by atoms with E-state index in [2.05, 4.69) is 16.0 Å². The van der Waals surface area contributed by atoms with Crippen LogP contribution in [0.2, 0.25) is 15.1 Å². The van der Waals surface area contributed by atoms with E-state index in [4.69, 9.17) is 34.8 Å². The van der Waals surface area contributed by atoms with Crippen LogP contribution in [0.1, 0.15) is 33.8 Å². The Kier molecular flexibility index (Phi) is 7.09. The minimum absolute atomic E-state index is 0.0395. The van der Waals surface area contributed by atoms with Gasteiger partial charge < -0.3 is 9.80 Å². The third-order valence-corrected chi connectivity index (χ3v) is 7.05. The molecule has 1 saturated heterocycles. The van der Waals surface area contributed by atoms with Crippen molar-refractivity contribution >= 4 is 46.5 Å². The number of hydrogen-bond acceptors (Lipinski definition) is 4. The molecule has 0 unspecified atom stereocenters. The Hall–Kier alpha value is -2.78. The lowest BCUT2D eigenvalue weighted by molar-refractivity contribution is 0.0687. The summed E-state index contributed by atoms with van der Waals surface area (Å²) in [5, 5.41) is 10.8. The summed E-state index contributed by atoms with van der Waals surface area (Å²) in [4.78, 5) is 21.7. The van der Waals surface area contributed by atoms with Gasteiger partial charge in [0.2, 0.25) is 0 Å². The van der Waals surface area contributed by atoms with Gasteiger partial charge >= 0.3 is 0 Å². The molecule has 8 heteroatoms. The van der Waals surface area contributed by atoms with Crippen LogP contribution in [0.5, 0.6) is 0 Å². The largest absolute Gasteiger partial charge is 0.356 e. The summed E-state index contributed by atoms with van der Waals surface area (Å²) >= 11 is 18.5. The number of piperidine rings is 1. The van der Waals surface area contributed by atoms with Crippen LogP contribution in [-0.4, -0.2) is 42.0 Å². The van der Waals surface area contributed by atoms with Crippen LogP contribution in [0.15, 0.2) is 60.8 Å². The summed E-state index contributed by atoms with van der Waals surface area (Å²) < 4.78 is 0. The molecule has 2 atom stereocenters. The van der Waals surface area contributed by atoms with Crippen molar-refractivity contribution in [3.63, 3.8) is 0 Å². The molecule has 33 heavy (non-hydrogen) atoms. The van der Waals surface area contributed by atoms with Gasteiger partial charge in [0, 0.05) is 48.9 Å². The van der Waals surface area contributed by atoms with Gasteiger partial charge in [0.1, 0.15) is 5.82 Å². The Bertz CT molecular complexity index is 1210. The topological polar surface area (TPSA) is 60.2 Å². The number of carbonyl (C=O) groups is 1. The van der Waals surface area contributed by atoms with Crippen molar-refractivity contribution in [1.29, 1.82) is 5.26 Å². The van der Waals surface area contributed by atoms with E-state index >= 15 is 0 Å². The second-order valence-corrected chi connectivity index (χ2v) is 9.27. The number of anilines is 1. The maximum absolute atomic E-state index is 13.3. The van der Waals surface area contributed by atoms with Gasteiger partial charge in [-0.1, -0.05) is 40.9 Å². The first-order chi connectivity index (χ1) is 15.9.